The van der Waals surface area contributed by atoms with Crippen molar-refractivity contribution in [2.24, 2.45) is 17.8 Å². The van der Waals surface area contributed by atoms with Gasteiger partial charge in [-0.3, -0.25) is 0 Å². The van der Waals surface area contributed by atoms with Gasteiger partial charge in [-0.2, -0.15) is 0 Å². The van der Waals surface area contributed by atoms with Crippen LogP contribution in [-0.4, -0.2) is 9.55 Å². The van der Waals surface area contributed by atoms with Crippen molar-refractivity contribution in [2.45, 2.75) is 44.5 Å². The Hall–Kier alpha value is -0.730. The van der Waals surface area contributed by atoms with E-state index >= 15 is 0 Å². The summed E-state index contributed by atoms with van der Waals surface area (Å²) < 4.78 is 2.37. The van der Waals surface area contributed by atoms with Crippen LogP contribution in [0.15, 0.2) is 18.2 Å². The number of alkyl halides is 1. The molecule has 0 saturated heterocycles. The van der Waals surface area contributed by atoms with Crippen LogP contribution in [0.25, 0.3) is 11.0 Å². The minimum atomic E-state index is 0.456. The highest BCUT2D eigenvalue weighted by Gasteiger charge is 2.42. The van der Waals surface area contributed by atoms with Crippen molar-refractivity contribution in [2.75, 3.05) is 0 Å². The Labute approximate surface area is 135 Å². The standard InChI is InChI=1S/C17H20Cl2N2/c1-10(14-7-11-2-3-12(14)6-11)21-16-5-4-13(19)8-15(16)20-17(21)9-18/h4-5,8,10-12,14H,2-3,6-7,9H2,1H3. The number of imidazole rings is 1. The maximum absolute atomic E-state index is 6.16. The van der Waals surface area contributed by atoms with Crippen LogP contribution in [0.4, 0.5) is 0 Å². The fourth-order valence-corrected chi connectivity index (χ4v) is 5.10. The van der Waals surface area contributed by atoms with E-state index in [-0.39, 0.29) is 0 Å². The normalized spacial score (nSPS) is 29.4. The van der Waals surface area contributed by atoms with E-state index in [4.69, 9.17) is 28.2 Å². The maximum Gasteiger partial charge on any atom is 0.125 e. The second kappa shape index (κ2) is 5.17. The number of rotatable bonds is 3. The van der Waals surface area contributed by atoms with E-state index in [1.54, 1.807) is 0 Å². The summed E-state index contributed by atoms with van der Waals surface area (Å²) in [7, 11) is 0. The molecule has 112 valence electrons. The highest BCUT2D eigenvalue weighted by molar-refractivity contribution is 6.31. The predicted molar refractivity (Wildman–Crippen MR) is 87.9 cm³/mol. The molecule has 1 aromatic heterocycles. The van der Waals surface area contributed by atoms with E-state index < -0.39 is 0 Å². The first kappa shape index (κ1) is 13.9. The largest absolute Gasteiger partial charge is 0.324 e. The summed E-state index contributed by atoms with van der Waals surface area (Å²) in [6.45, 7) is 2.34. The first-order valence-corrected chi connectivity index (χ1v) is 8.81. The molecular weight excluding hydrogens is 303 g/mol. The summed E-state index contributed by atoms with van der Waals surface area (Å²) >= 11 is 12.3. The number of fused-ring (bicyclic) bond motifs is 3. The zero-order chi connectivity index (χ0) is 14.6. The van der Waals surface area contributed by atoms with Crippen LogP contribution in [0.1, 0.15) is 44.5 Å². The highest BCUT2D eigenvalue weighted by atomic mass is 35.5. The lowest BCUT2D eigenvalue weighted by atomic mass is 9.83. The Balaban J connectivity index is 1.77. The second-order valence-corrected chi connectivity index (χ2v) is 7.45. The smallest absolute Gasteiger partial charge is 0.125 e. The summed E-state index contributed by atoms with van der Waals surface area (Å²) in [6, 6.07) is 6.45. The van der Waals surface area contributed by atoms with Gasteiger partial charge in [-0.1, -0.05) is 18.0 Å². The van der Waals surface area contributed by atoms with Gasteiger partial charge >= 0.3 is 0 Å². The van der Waals surface area contributed by atoms with Crippen LogP contribution in [0, 0.1) is 17.8 Å². The molecule has 4 unspecified atom stereocenters. The molecule has 2 aromatic rings. The summed E-state index contributed by atoms with van der Waals surface area (Å²) in [6.07, 6.45) is 5.66. The van der Waals surface area contributed by atoms with Crippen molar-refractivity contribution in [3.05, 3.63) is 29.0 Å². The number of aromatic nitrogens is 2. The zero-order valence-corrected chi connectivity index (χ0v) is 13.7. The third-order valence-corrected chi connectivity index (χ3v) is 6.14. The molecule has 0 radical (unpaired) electrons. The summed E-state index contributed by atoms with van der Waals surface area (Å²) in [5, 5.41) is 0.737. The third kappa shape index (κ3) is 2.19. The van der Waals surface area contributed by atoms with Crippen molar-refractivity contribution in [3.8, 4) is 0 Å². The van der Waals surface area contributed by atoms with E-state index in [0.717, 1.165) is 34.1 Å². The van der Waals surface area contributed by atoms with Crippen molar-refractivity contribution >= 4 is 34.2 Å². The second-order valence-electron chi connectivity index (χ2n) is 6.74. The Bertz CT molecular complexity index is 679. The monoisotopic (exact) mass is 322 g/mol. The van der Waals surface area contributed by atoms with E-state index in [2.05, 4.69) is 17.6 Å². The van der Waals surface area contributed by atoms with Gasteiger partial charge in [0.15, 0.2) is 0 Å². The molecule has 2 aliphatic carbocycles. The van der Waals surface area contributed by atoms with E-state index in [0.29, 0.717) is 11.9 Å². The van der Waals surface area contributed by atoms with E-state index in [9.17, 15) is 0 Å². The molecular formula is C17H20Cl2N2. The van der Waals surface area contributed by atoms with Crippen molar-refractivity contribution in [1.82, 2.24) is 9.55 Å². The molecule has 0 spiro atoms. The lowest BCUT2D eigenvalue weighted by Crippen LogP contribution is -2.23. The lowest BCUT2D eigenvalue weighted by Gasteiger charge is -2.30. The average molecular weight is 323 g/mol. The van der Waals surface area contributed by atoms with Gasteiger partial charge in [-0.05, 0) is 62.1 Å². The predicted octanol–water partition coefficient (Wildman–Crippen LogP) is 5.43. The fourth-order valence-electron chi connectivity index (χ4n) is 4.75. The number of hydrogen-bond donors (Lipinski definition) is 0. The molecule has 2 aliphatic rings. The molecule has 0 aliphatic heterocycles. The Kier molecular flexibility index (Phi) is 3.42. The minimum absolute atomic E-state index is 0.456. The molecule has 2 nitrogen and oxygen atoms in total. The molecule has 4 rings (SSSR count). The van der Waals surface area contributed by atoms with Gasteiger partial charge in [0.2, 0.25) is 0 Å². The van der Waals surface area contributed by atoms with Crippen LogP contribution >= 0.6 is 23.2 Å². The average Bonchev–Trinajstić information content (AvgIpc) is 3.18. The first-order chi connectivity index (χ1) is 10.2. The molecule has 2 saturated carbocycles. The molecule has 1 heterocycles. The first-order valence-electron chi connectivity index (χ1n) is 7.89. The van der Waals surface area contributed by atoms with E-state index in [1.807, 2.05) is 12.1 Å². The van der Waals surface area contributed by atoms with Gasteiger partial charge in [-0.25, -0.2) is 4.98 Å². The molecule has 2 fully saturated rings. The SMILES string of the molecule is CC(C1CC2CCC1C2)n1c(CCl)nc2cc(Cl)ccc21. The summed E-state index contributed by atoms with van der Waals surface area (Å²) in [5.74, 6) is 4.07. The number of nitrogens with zero attached hydrogens (tertiary/aromatic N) is 2. The molecule has 4 atom stereocenters. The zero-order valence-electron chi connectivity index (χ0n) is 12.2. The summed E-state index contributed by atoms with van der Waals surface area (Å²) in [4.78, 5) is 4.69. The van der Waals surface area contributed by atoms with E-state index in [1.165, 1.54) is 31.2 Å². The molecule has 21 heavy (non-hydrogen) atoms. The number of benzene rings is 1. The summed E-state index contributed by atoms with van der Waals surface area (Å²) in [5.41, 5.74) is 2.14. The van der Waals surface area contributed by atoms with Gasteiger partial charge in [0.1, 0.15) is 5.82 Å². The Morgan fingerprint density at radius 1 is 1.33 bits per heavy atom. The van der Waals surface area contributed by atoms with Crippen LogP contribution < -0.4 is 0 Å². The molecule has 4 heteroatoms. The topological polar surface area (TPSA) is 17.8 Å². The number of halogens is 2. The van der Waals surface area contributed by atoms with Crippen molar-refractivity contribution in [3.63, 3.8) is 0 Å². The Morgan fingerprint density at radius 2 is 2.19 bits per heavy atom. The van der Waals surface area contributed by atoms with Crippen molar-refractivity contribution in [1.29, 1.82) is 0 Å². The maximum atomic E-state index is 6.16. The van der Waals surface area contributed by atoms with Crippen molar-refractivity contribution < 1.29 is 0 Å². The third-order valence-electron chi connectivity index (χ3n) is 5.66. The van der Waals surface area contributed by atoms with Gasteiger partial charge in [0, 0.05) is 11.1 Å². The Morgan fingerprint density at radius 3 is 2.86 bits per heavy atom. The van der Waals surface area contributed by atoms with Crippen LogP contribution in [0.5, 0.6) is 0 Å². The number of hydrogen-bond acceptors (Lipinski definition) is 1. The van der Waals surface area contributed by atoms with Gasteiger partial charge < -0.3 is 4.57 Å². The molecule has 1 aromatic carbocycles. The molecule has 2 bridgehead atoms. The van der Waals surface area contributed by atoms with Crippen LogP contribution in [-0.2, 0) is 5.88 Å². The molecule has 0 amide bonds. The quantitative estimate of drug-likeness (QED) is 0.689. The van der Waals surface area contributed by atoms with Crippen LogP contribution in [0.2, 0.25) is 5.02 Å². The highest BCUT2D eigenvalue weighted by Crippen LogP contribution is 2.52. The van der Waals surface area contributed by atoms with Gasteiger partial charge in [0.05, 0.1) is 16.9 Å². The molecule has 0 N–H and O–H groups in total. The fraction of sp³-hybridized carbons (Fsp3) is 0.588. The lowest BCUT2D eigenvalue weighted by molar-refractivity contribution is 0.244. The van der Waals surface area contributed by atoms with Gasteiger partial charge in [-0.15, -0.1) is 11.6 Å². The van der Waals surface area contributed by atoms with Gasteiger partial charge in [0.25, 0.3) is 0 Å². The minimum Gasteiger partial charge on any atom is -0.324 e. The van der Waals surface area contributed by atoms with Crippen LogP contribution in [0.3, 0.4) is 0 Å².